The number of allylic oxidation sites excluding steroid dienone is 2. The average Bonchev–Trinajstić information content (AvgIpc) is 3.75. The van der Waals surface area contributed by atoms with Gasteiger partial charge in [-0.05, 0) is 124 Å². The topological polar surface area (TPSA) is 278 Å². The summed E-state index contributed by atoms with van der Waals surface area (Å²) in [7, 11) is 0. The number of aliphatic hydroxyl groups excluding tert-OH is 10. The van der Waals surface area contributed by atoms with E-state index in [-0.39, 0.29) is 39.9 Å². The first-order valence-corrected chi connectivity index (χ1v) is 23.8. The van der Waals surface area contributed by atoms with E-state index in [1.54, 1.807) is 0 Å². The van der Waals surface area contributed by atoms with E-state index in [1.807, 2.05) is 20.8 Å². The predicted octanol–water partition coefficient (Wildman–Crippen LogP) is 0.612. The van der Waals surface area contributed by atoms with Gasteiger partial charge >= 0.3 is 0 Å². The van der Waals surface area contributed by atoms with Crippen molar-refractivity contribution >= 4 is 0 Å². The zero-order chi connectivity index (χ0) is 47.1. The normalized spacial score (nSPS) is 52.3. The second-order valence-electron chi connectivity index (χ2n) is 22.5. The molecule has 7 fully saturated rings. The lowest BCUT2D eigenvalue weighted by atomic mass is 9.35. The van der Waals surface area contributed by atoms with Crippen molar-refractivity contribution in [1.82, 2.24) is 0 Å². The summed E-state index contributed by atoms with van der Waals surface area (Å²) in [5, 5.41) is 118. The van der Waals surface area contributed by atoms with Gasteiger partial charge in [-0.1, -0.05) is 46.3 Å². The molecule has 17 nitrogen and oxygen atoms in total. The Morgan fingerprint density at radius 3 is 1.78 bits per heavy atom. The summed E-state index contributed by atoms with van der Waals surface area (Å²) < 4.78 is 36.8. The van der Waals surface area contributed by atoms with Gasteiger partial charge in [0.1, 0.15) is 67.1 Å². The predicted molar refractivity (Wildman–Crippen MR) is 228 cm³/mol. The maximum Gasteiger partial charge on any atom is 0.186 e. The minimum atomic E-state index is -1.69. The Labute approximate surface area is 377 Å². The lowest BCUT2D eigenvalue weighted by Gasteiger charge is -2.71. The molecule has 4 aliphatic carbocycles. The van der Waals surface area contributed by atoms with E-state index in [0.29, 0.717) is 25.7 Å². The van der Waals surface area contributed by atoms with E-state index in [2.05, 4.69) is 40.7 Å². The SMILES string of the molecule is CC(C)=CCC[C@](C)(O)[C@H]1CC[C@]2(C)[C@@H]1[C@H](O[C@@H]1O[C@H](CO[C@@H]3O[C@@H](CO)[C@H](O)[C@H]3O)[C@@H](O)[C@H](O)[C@H]1O)C[C@@H]1[C@@]3(C)CC[C@H](O[C@@H]4O[C@H](CO)[C@@H](O)[C@H](O)[C@H]4O)C(C)(C)[C@@H]3CC[C@]12C. The lowest BCUT2D eigenvalue weighted by Crippen LogP contribution is -2.68. The van der Waals surface area contributed by atoms with Crippen LogP contribution in [0.25, 0.3) is 0 Å². The molecule has 3 saturated heterocycles. The standard InChI is InChI=1S/C47H80O17/c1-22(2)10-9-14-47(8,58)23-11-16-46(7)31(23)24(60-41-38(56)36(54)34(52)27(63-41)21-59-40-37(55)33(51)26(20-49)61-40)18-29-44(5)15-13-30(43(3,4)28(44)12-17-45(29,46)6)64-42-39(57)35(53)32(50)25(19-48)62-42/h10,23-42,48-58H,9,11-21H2,1-8H3/t23-,24+,25+,26-,27+,28-,29+,30-,31-,32+,33-,34+,35-,36-,37+,38+,39+,40+,41+,42-,44-,45+,46+,47-/m0/s1. The molecule has 24 atom stereocenters. The van der Waals surface area contributed by atoms with Crippen LogP contribution in [0.1, 0.15) is 113 Å². The molecule has 0 unspecified atom stereocenters. The molecule has 370 valence electrons. The van der Waals surface area contributed by atoms with Crippen molar-refractivity contribution in [2.75, 3.05) is 19.8 Å². The molecule has 3 aliphatic heterocycles. The second kappa shape index (κ2) is 18.8. The van der Waals surface area contributed by atoms with E-state index >= 15 is 0 Å². The van der Waals surface area contributed by atoms with Gasteiger partial charge in [0, 0.05) is 0 Å². The van der Waals surface area contributed by atoms with E-state index in [4.69, 9.17) is 28.4 Å². The van der Waals surface area contributed by atoms with Crippen LogP contribution in [0.3, 0.4) is 0 Å². The fourth-order valence-corrected chi connectivity index (χ4v) is 14.5. The van der Waals surface area contributed by atoms with Gasteiger partial charge in [-0.15, -0.1) is 0 Å². The number of hydrogen-bond donors (Lipinski definition) is 11. The Kier molecular flexibility index (Phi) is 14.9. The van der Waals surface area contributed by atoms with Crippen molar-refractivity contribution in [3.63, 3.8) is 0 Å². The Morgan fingerprint density at radius 2 is 1.17 bits per heavy atom. The van der Waals surface area contributed by atoms with E-state index in [1.165, 1.54) is 5.57 Å². The van der Waals surface area contributed by atoms with Crippen LogP contribution in [-0.4, -0.2) is 180 Å². The zero-order valence-corrected chi connectivity index (χ0v) is 39.0. The molecule has 0 aromatic rings. The zero-order valence-electron chi connectivity index (χ0n) is 39.0. The average molecular weight is 917 g/mol. The van der Waals surface area contributed by atoms with Crippen LogP contribution in [0.5, 0.6) is 0 Å². The van der Waals surface area contributed by atoms with E-state index < -0.39 is 129 Å². The highest BCUT2D eigenvalue weighted by Crippen LogP contribution is 2.76. The molecule has 0 radical (unpaired) electrons. The van der Waals surface area contributed by atoms with Crippen LogP contribution in [0.4, 0.5) is 0 Å². The summed E-state index contributed by atoms with van der Waals surface area (Å²) >= 11 is 0. The van der Waals surface area contributed by atoms with Gasteiger partial charge in [-0.25, -0.2) is 0 Å². The van der Waals surface area contributed by atoms with Gasteiger partial charge in [-0.2, -0.15) is 0 Å². The van der Waals surface area contributed by atoms with Crippen LogP contribution in [-0.2, 0) is 28.4 Å². The number of aliphatic hydroxyl groups is 11. The Morgan fingerprint density at radius 1 is 0.641 bits per heavy atom. The molecule has 7 aliphatic rings. The van der Waals surface area contributed by atoms with Crippen LogP contribution in [0.2, 0.25) is 0 Å². The summed E-state index contributed by atoms with van der Waals surface area (Å²) in [6, 6.07) is 0. The van der Waals surface area contributed by atoms with E-state index in [0.717, 1.165) is 32.1 Å². The van der Waals surface area contributed by atoms with Crippen LogP contribution in [0, 0.1) is 45.3 Å². The number of fused-ring (bicyclic) bond motifs is 5. The van der Waals surface area contributed by atoms with Crippen molar-refractivity contribution in [1.29, 1.82) is 0 Å². The fraction of sp³-hybridized carbons (Fsp3) is 0.957. The summed E-state index contributed by atoms with van der Waals surface area (Å²) in [6.07, 6.45) is -12.2. The summed E-state index contributed by atoms with van der Waals surface area (Å²) in [5.74, 6) is -0.200. The third kappa shape index (κ3) is 8.60. The molecule has 0 bridgehead atoms. The molecule has 0 aromatic carbocycles. The van der Waals surface area contributed by atoms with Gasteiger partial charge < -0.3 is 84.6 Å². The highest BCUT2D eigenvalue weighted by Gasteiger charge is 2.72. The van der Waals surface area contributed by atoms with Crippen LogP contribution >= 0.6 is 0 Å². The fourth-order valence-electron chi connectivity index (χ4n) is 14.5. The lowest BCUT2D eigenvalue weighted by molar-refractivity contribution is -0.345. The van der Waals surface area contributed by atoms with Gasteiger partial charge in [-0.3, -0.25) is 0 Å². The van der Waals surface area contributed by atoms with Crippen LogP contribution < -0.4 is 0 Å². The van der Waals surface area contributed by atoms with E-state index in [9.17, 15) is 56.2 Å². The largest absolute Gasteiger partial charge is 0.394 e. The third-order valence-electron chi connectivity index (χ3n) is 18.4. The molecule has 17 heteroatoms. The third-order valence-corrected chi connectivity index (χ3v) is 18.4. The number of ether oxygens (including phenoxy) is 6. The maximum absolute atomic E-state index is 12.5. The molecule has 11 N–H and O–H groups in total. The van der Waals surface area contributed by atoms with Crippen molar-refractivity contribution in [2.24, 2.45) is 45.3 Å². The van der Waals surface area contributed by atoms with Crippen molar-refractivity contribution in [3.8, 4) is 0 Å². The first-order chi connectivity index (χ1) is 29.9. The Bertz CT molecular complexity index is 1620. The molecule has 64 heavy (non-hydrogen) atoms. The van der Waals surface area contributed by atoms with Gasteiger partial charge in [0.05, 0.1) is 37.6 Å². The van der Waals surface area contributed by atoms with Crippen molar-refractivity contribution < 1.29 is 84.6 Å². The summed E-state index contributed by atoms with van der Waals surface area (Å²) in [5.41, 5.74) is -1.21. The van der Waals surface area contributed by atoms with Crippen LogP contribution in [0.15, 0.2) is 11.6 Å². The molecule has 0 aromatic heterocycles. The first kappa shape index (κ1) is 50.9. The number of hydrogen-bond acceptors (Lipinski definition) is 17. The molecular formula is C47H80O17. The van der Waals surface area contributed by atoms with Crippen molar-refractivity contribution in [2.45, 2.75) is 217 Å². The Balaban J connectivity index is 1.18. The highest BCUT2D eigenvalue weighted by atomic mass is 16.7. The second-order valence-corrected chi connectivity index (χ2v) is 22.5. The van der Waals surface area contributed by atoms with Gasteiger partial charge in [0.25, 0.3) is 0 Å². The number of rotatable bonds is 13. The van der Waals surface area contributed by atoms with Crippen molar-refractivity contribution in [3.05, 3.63) is 11.6 Å². The summed E-state index contributed by atoms with van der Waals surface area (Å²) in [6.45, 7) is 15.9. The monoisotopic (exact) mass is 917 g/mol. The quantitative estimate of drug-likeness (QED) is 0.0892. The van der Waals surface area contributed by atoms with Gasteiger partial charge in [0.2, 0.25) is 0 Å². The molecular weight excluding hydrogens is 836 g/mol. The molecule has 4 saturated carbocycles. The molecule has 0 amide bonds. The smallest absolute Gasteiger partial charge is 0.186 e. The molecule has 7 rings (SSSR count). The highest BCUT2D eigenvalue weighted by molar-refractivity contribution is 5.20. The summed E-state index contributed by atoms with van der Waals surface area (Å²) in [4.78, 5) is 0. The van der Waals surface area contributed by atoms with Gasteiger partial charge in [0.15, 0.2) is 18.9 Å². The molecule has 3 heterocycles. The minimum Gasteiger partial charge on any atom is -0.394 e. The molecule has 0 spiro atoms. The Hall–Kier alpha value is -0.940. The maximum atomic E-state index is 12.5. The minimum absolute atomic E-state index is 0.0640. The first-order valence-electron chi connectivity index (χ1n) is 23.8.